The molecule has 3 aromatic rings. The van der Waals surface area contributed by atoms with Crippen LogP contribution in [0.15, 0.2) is 60.9 Å². The van der Waals surface area contributed by atoms with Gasteiger partial charge in [-0.2, -0.15) is 0 Å². The van der Waals surface area contributed by atoms with Gasteiger partial charge in [-0.15, -0.1) is 0 Å². The molecular formula is C27H30N4O4. The zero-order chi connectivity index (χ0) is 24.9. The molecule has 0 bridgehead atoms. The van der Waals surface area contributed by atoms with Gasteiger partial charge in [0.15, 0.2) is 12.4 Å². The number of aryl methyl sites for hydroxylation is 1. The van der Waals surface area contributed by atoms with Crippen LogP contribution < -0.4 is 10.1 Å². The summed E-state index contributed by atoms with van der Waals surface area (Å²) in [6.45, 7) is 4.13. The summed E-state index contributed by atoms with van der Waals surface area (Å²) in [7, 11) is 1.76. The number of likely N-dealkylation sites (tertiary alicyclic amines) is 1. The van der Waals surface area contributed by atoms with E-state index in [-0.39, 0.29) is 36.3 Å². The van der Waals surface area contributed by atoms with Crippen LogP contribution in [0.4, 0.5) is 5.69 Å². The summed E-state index contributed by atoms with van der Waals surface area (Å²) in [5, 5.41) is 2.82. The number of rotatable bonds is 7. The molecule has 8 heteroatoms. The minimum Gasteiger partial charge on any atom is -0.484 e. The normalized spacial score (nSPS) is 17.6. The maximum Gasteiger partial charge on any atom is 0.260 e. The molecule has 2 heterocycles. The standard InChI is InChI=1S/C27H30N4O4/c1-18-5-4-6-19(2)31(18)24(32)17-35-23-13-9-21(10-14-23)27(34)29-22-11-7-20(8-12-22)25(33)26-28-15-16-30(26)3/h7-16,18-19H,4-6,17H2,1-3H3,(H,29,34)/t18-,19-/m1/s1. The predicted octanol–water partition coefficient (Wildman–Crippen LogP) is 4.07. The summed E-state index contributed by atoms with van der Waals surface area (Å²) in [4.78, 5) is 43.8. The molecule has 2 atom stereocenters. The van der Waals surface area contributed by atoms with Gasteiger partial charge in [0.05, 0.1) is 0 Å². The van der Waals surface area contributed by atoms with Crippen molar-refractivity contribution in [3.8, 4) is 5.75 Å². The average molecular weight is 475 g/mol. The second-order valence-electron chi connectivity index (χ2n) is 8.97. The molecule has 2 amide bonds. The first kappa shape index (κ1) is 24.2. The molecule has 0 unspecified atom stereocenters. The molecule has 0 radical (unpaired) electrons. The van der Waals surface area contributed by atoms with Crippen molar-refractivity contribution in [2.75, 3.05) is 11.9 Å². The number of anilines is 1. The van der Waals surface area contributed by atoms with Gasteiger partial charge in [0, 0.05) is 48.3 Å². The van der Waals surface area contributed by atoms with Crippen molar-refractivity contribution in [3.63, 3.8) is 0 Å². The van der Waals surface area contributed by atoms with Crippen LogP contribution >= 0.6 is 0 Å². The summed E-state index contributed by atoms with van der Waals surface area (Å²) in [5.41, 5.74) is 1.51. The van der Waals surface area contributed by atoms with Gasteiger partial charge in [0.1, 0.15) is 5.75 Å². The zero-order valence-corrected chi connectivity index (χ0v) is 20.2. The Kier molecular flexibility index (Phi) is 7.29. The van der Waals surface area contributed by atoms with Crippen LogP contribution in [0, 0.1) is 0 Å². The SMILES string of the molecule is C[C@@H]1CCC[C@@H](C)N1C(=O)COc1ccc(C(=O)Nc2ccc(C(=O)c3nccn3C)cc2)cc1. The van der Waals surface area contributed by atoms with Gasteiger partial charge in [0.25, 0.3) is 11.8 Å². The van der Waals surface area contributed by atoms with Gasteiger partial charge in [-0.25, -0.2) is 4.98 Å². The Morgan fingerprint density at radius 3 is 2.20 bits per heavy atom. The zero-order valence-electron chi connectivity index (χ0n) is 20.2. The molecule has 1 N–H and O–H groups in total. The Bertz CT molecular complexity index is 1190. The van der Waals surface area contributed by atoms with Crippen molar-refractivity contribution in [3.05, 3.63) is 77.9 Å². The Hall–Kier alpha value is -3.94. The maximum absolute atomic E-state index is 12.6. The van der Waals surface area contributed by atoms with E-state index in [9.17, 15) is 14.4 Å². The van der Waals surface area contributed by atoms with Crippen molar-refractivity contribution >= 4 is 23.3 Å². The van der Waals surface area contributed by atoms with E-state index in [1.54, 1.807) is 72.5 Å². The van der Waals surface area contributed by atoms with Gasteiger partial charge in [-0.3, -0.25) is 14.4 Å². The third kappa shape index (κ3) is 5.59. The van der Waals surface area contributed by atoms with E-state index in [0.29, 0.717) is 28.4 Å². The minimum absolute atomic E-state index is 0.0173. The van der Waals surface area contributed by atoms with E-state index in [2.05, 4.69) is 24.1 Å². The first-order valence-corrected chi connectivity index (χ1v) is 11.8. The number of ketones is 1. The number of carbonyl (C=O) groups excluding carboxylic acids is 3. The third-order valence-electron chi connectivity index (χ3n) is 6.39. The lowest BCUT2D eigenvalue weighted by molar-refractivity contribution is -0.139. The van der Waals surface area contributed by atoms with Crippen LogP contribution in [0.2, 0.25) is 0 Å². The monoisotopic (exact) mass is 474 g/mol. The third-order valence-corrected chi connectivity index (χ3v) is 6.39. The van der Waals surface area contributed by atoms with Crippen LogP contribution in [0.1, 0.15) is 59.7 Å². The first-order valence-electron chi connectivity index (χ1n) is 11.8. The molecule has 1 saturated heterocycles. The largest absolute Gasteiger partial charge is 0.484 e. The number of imidazole rings is 1. The highest BCUT2D eigenvalue weighted by Gasteiger charge is 2.29. The van der Waals surface area contributed by atoms with Crippen molar-refractivity contribution in [2.24, 2.45) is 7.05 Å². The van der Waals surface area contributed by atoms with E-state index in [1.807, 2.05) is 4.90 Å². The van der Waals surface area contributed by atoms with E-state index in [0.717, 1.165) is 19.3 Å². The highest BCUT2D eigenvalue weighted by Crippen LogP contribution is 2.23. The van der Waals surface area contributed by atoms with Gasteiger partial charge < -0.3 is 19.5 Å². The van der Waals surface area contributed by atoms with Crippen molar-refractivity contribution in [1.29, 1.82) is 0 Å². The van der Waals surface area contributed by atoms with E-state index >= 15 is 0 Å². The quantitative estimate of drug-likeness (QED) is 0.521. The number of aromatic nitrogens is 2. The number of nitrogens with zero attached hydrogens (tertiary/aromatic N) is 3. The van der Waals surface area contributed by atoms with E-state index < -0.39 is 0 Å². The van der Waals surface area contributed by atoms with Crippen molar-refractivity contribution < 1.29 is 19.1 Å². The summed E-state index contributed by atoms with van der Waals surface area (Å²) >= 11 is 0. The Labute approximate surface area is 204 Å². The van der Waals surface area contributed by atoms with Crippen LogP contribution in [-0.4, -0.2) is 50.7 Å². The number of carbonyl (C=O) groups is 3. The number of hydrogen-bond acceptors (Lipinski definition) is 5. The molecule has 0 saturated carbocycles. The Morgan fingerprint density at radius 2 is 1.60 bits per heavy atom. The number of ether oxygens (including phenoxy) is 1. The summed E-state index contributed by atoms with van der Waals surface area (Å²) in [6, 6.07) is 13.8. The topological polar surface area (TPSA) is 93.5 Å². The number of nitrogens with one attached hydrogen (secondary N) is 1. The highest BCUT2D eigenvalue weighted by molar-refractivity contribution is 6.07. The van der Waals surface area contributed by atoms with Gasteiger partial charge in [0.2, 0.25) is 5.78 Å². The van der Waals surface area contributed by atoms with Crippen LogP contribution in [0.25, 0.3) is 0 Å². The highest BCUT2D eigenvalue weighted by atomic mass is 16.5. The van der Waals surface area contributed by atoms with Crippen LogP contribution in [0.5, 0.6) is 5.75 Å². The predicted molar refractivity (Wildman–Crippen MR) is 133 cm³/mol. The molecule has 1 aliphatic heterocycles. The van der Waals surface area contributed by atoms with Gasteiger partial charge in [-0.1, -0.05) is 0 Å². The van der Waals surface area contributed by atoms with Crippen molar-refractivity contribution in [1.82, 2.24) is 14.5 Å². The molecule has 4 rings (SSSR count). The summed E-state index contributed by atoms with van der Waals surface area (Å²) in [5.74, 6) is 0.395. The molecule has 8 nitrogen and oxygen atoms in total. The fourth-order valence-electron chi connectivity index (χ4n) is 4.46. The fraction of sp³-hybridized carbons (Fsp3) is 0.333. The Balaban J connectivity index is 1.31. The van der Waals surface area contributed by atoms with Gasteiger partial charge in [-0.05, 0) is 81.6 Å². The number of hydrogen-bond donors (Lipinski definition) is 1. The van der Waals surface area contributed by atoms with Gasteiger partial charge >= 0.3 is 0 Å². The lowest BCUT2D eigenvalue weighted by Crippen LogP contribution is -2.49. The average Bonchev–Trinajstić information content (AvgIpc) is 3.28. The molecule has 2 aromatic carbocycles. The molecule has 182 valence electrons. The fourth-order valence-corrected chi connectivity index (χ4v) is 4.46. The number of piperidine rings is 1. The lowest BCUT2D eigenvalue weighted by atomic mass is 9.97. The molecule has 1 aromatic heterocycles. The maximum atomic E-state index is 12.6. The number of amides is 2. The first-order chi connectivity index (χ1) is 16.8. The minimum atomic E-state index is -0.285. The van der Waals surface area contributed by atoms with Crippen LogP contribution in [-0.2, 0) is 11.8 Å². The summed E-state index contributed by atoms with van der Waals surface area (Å²) < 4.78 is 7.35. The second kappa shape index (κ2) is 10.5. The van der Waals surface area contributed by atoms with Crippen LogP contribution in [0.3, 0.4) is 0 Å². The Morgan fingerprint density at radius 1 is 0.971 bits per heavy atom. The van der Waals surface area contributed by atoms with E-state index in [1.165, 1.54) is 0 Å². The van der Waals surface area contributed by atoms with E-state index in [4.69, 9.17) is 4.74 Å². The second-order valence-corrected chi connectivity index (χ2v) is 8.97. The molecule has 35 heavy (non-hydrogen) atoms. The smallest absolute Gasteiger partial charge is 0.260 e. The molecule has 0 aliphatic carbocycles. The molecule has 0 spiro atoms. The van der Waals surface area contributed by atoms with Crippen molar-refractivity contribution in [2.45, 2.75) is 45.2 Å². The lowest BCUT2D eigenvalue weighted by Gasteiger charge is -2.38. The molecule has 1 fully saturated rings. The number of benzene rings is 2. The molecular weight excluding hydrogens is 444 g/mol. The summed E-state index contributed by atoms with van der Waals surface area (Å²) in [6.07, 6.45) is 6.47. The molecule has 1 aliphatic rings.